The third kappa shape index (κ3) is 4.15. The van der Waals surface area contributed by atoms with E-state index in [-0.39, 0.29) is 0 Å². The Labute approximate surface area is 88.4 Å². The lowest BCUT2D eigenvalue weighted by Crippen LogP contribution is -2.09. The molecule has 0 amide bonds. The molecule has 0 aliphatic heterocycles. The van der Waals surface area contributed by atoms with E-state index in [1.807, 2.05) is 24.5 Å². The van der Waals surface area contributed by atoms with Gasteiger partial charge in [0.25, 0.3) is 0 Å². The van der Waals surface area contributed by atoms with Crippen LogP contribution >= 0.6 is 24.4 Å². The first-order chi connectivity index (χ1) is 6.18. The molecule has 1 heterocycles. The van der Waals surface area contributed by atoms with Gasteiger partial charge in [-0.1, -0.05) is 24.4 Å². The highest BCUT2D eigenvalue weighted by molar-refractivity contribution is 7.80. The lowest BCUT2D eigenvalue weighted by Gasteiger charge is -2.04. The van der Waals surface area contributed by atoms with Gasteiger partial charge in [0, 0.05) is 23.4 Å². The van der Waals surface area contributed by atoms with Gasteiger partial charge in [-0.15, -0.1) is 0 Å². The molecule has 1 rings (SSSR count). The van der Waals surface area contributed by atoms with Gasteiger partial charge >= 0.3 is 0 Å². The first kappa shape index (κ1) is 10.3. The van der Waals surface area contributed by atoms with Crippen molar-refractivity contribution >= 4 is 29.4 Å². The number of thiocarbonyl (C=S) groups is 1. The van der Waals surface area contributed by atoms with Crippen molar-refractivity contribution in [3.8, 4) is 0 Å². The van der Waals surface area contributed by atoms with Crippen LogP contribution in [-0.2, 0) is 6.54 Å². The van der Waals surface area contributed by atoms with Gasteiger partial charge in [-0.05, 0) is 25.0 Å². The second kappa shape index (κ2) is 5.09. The molecule has 0 unspecified atom stereocenters. The fraction of sp³-hybridized carbons (Fsp3) is 0.333. The van der Waals surface area contributed by atoms with Gasteiger partial charge in [0.2, 0.25) is 0 Å². The average Bonchev–Trinajstić information content (AvgIpc) is 2.08. The Morgan fingerprint density at radius 2 is 2.00 bits per heavy atom. The van der Waals surface area contributed by atoms with E-state index in [9.17, 15) is 0 Å². The number of hydrogen-bond donors (Lipinski definition) is 1. The van der Waals surface area contributed by atoms with E-state index in [2.05, 4.69) is 4.57 Å². The minimum absolute atomic E-state index is 0.584. The Hall–Kier alpha value is -0.740. The van der Waals surface area contributed by atoms with E-state index < -0.39 is 0 Å². The highest BCUT2D eigenvalue weighted by atomic mass is 32.1. The monoisotopic (exact) mass is 212 g/mol. The Bertz CT molecular complexity index is 323. The molecule has 0 atom stereocenters. The summed E-state index contributed by atoms with van der Waals surface area (Å²) in [6.07, 6.45) is 5.73. The summed E-state index contributed by atoms with van der Waals surface area (Å²) in [6, 6.07) is 3.83. The zero-order valence-corrected chi connectivity index (χ0v) is 8.90. The first-order valence-electron chi connectivity index (χ1n) is 4.13. The number of pyridine rings is 1. The van der Waals surface area contributed by atoms with Crippen molar-refractivity contribution in [2.24, 2.45) is 5.73 Å². The molecule has 13 heavy (non-hydrogen) atoms. The topological polar surface area (TPSA) is 30.9 Å². The van der Waals surface area contributed by atoms with Crippen LogP contribution in [-0.4, -0.2) is 9.56 Å². The second-order valence-corrected chi connectivity index (χ2v) is 3.84. The quantitative estimate of drug-likeness (QED) is 0.777. The van der Waals surface area contributed by atoms with Gasteiger partial charge in [0.05, 0.1) is 4.99 Å². The number of aryl methyl sites for hydroxylation is 1. The lowest BCUT2D eigenvalue weighted by atomic mass is 10.3. The molecule has 0 aliphatic rings. The maximum Gasteiger partial charge on any atom is 0.0728 e. The Kier molecular flexibility index (Phi) is 4.05. The van der Waals surface area contributed by atoms with E-state index in [1.54, 1.807) is 0 Å². The Balaban J connectivity index is 2.41. The molecule has 70 valence electrons. The number of nitrogens with zero attached hydrogens (tertiary/aromatic N) is 1. The molecular formula is C9H12N2S2. The van der Waals surface area contributed by atoms with Crippen LogP contribution in [0.5, 0.6) is 0 Å². The van der Waals surface area contributed by atoms with Crippen LogP contribution in [0.3, 0.4) is 0 Å². The number of hydrogen-bond acceptors (Lipinski definition) is 2. The zero-order valence-electron chi connectivity index (χ0n) is 7.27. The lowest BCUT2D eigenvalue weighted by molar-refractivity contribution is 0.655. The molecule has 1 aromatic heterocycles. The summed E-state index contributed by atoms with van der Waals surface area (Å²) < 4.78 is 2.94. The summed E-state index contributed by atoms with van der Waals surface area (Å²) in [5.41, 5.74) is 5.39. The normalized spacial score (nSPS) is 9.85. The van der Waals surface area contributed by atoms with Crippen molar-refractivity contribution in [1.82, 2.24) is 4.57 Å². The largest absolute Gasteiger partial charge is 0.393 e. The molecule has 0 aromatic carbocycles. The minimum atomic E-state index is 0.584. The molecule has 2 N–H and O–H groups in total. The molecule has 2 nitrogen and oxygen atoms in total. The maximum absolute atomic E-state index is 5.39. The van der Waals surface area contributed by atoms with E-state index >= 15 is 0 Å². The standard InChI is InChI=1S/C9H12N2S2/c10-9(13)2-1-5-11-6-3-8(12)4-7-11/h3-4,6-7H,1-2,5H2,(H2,10,13). The molecule has 0 radical (unpaired) electrons. The van der Waals surface area contributed by atoms with Crippen molar-refractivity contribution < 1.29 is 0 Å². The predicted molar refractivity (Wildman–Crippen MR) is 61.3 cm³/mol. The van der Waals surface area contributed by atoms with Gasteiger partial charge in [0.15, 0.2) is 0 Å². The van der Waals surface area contributed by atoms with Crippen LogP contribution in [0.15, 0.2) is 24.5 Å². The number of aromatic nitrogens is 1. The number of nitrogens with two attached hydrogens (primary N) is 1. The van der Waals surface area contributed by atoms with Crippen molar-refractivity contribution in [1.29, 1.82) is 0 Å². The molecule has 0 bridgehead atoms. The molecule has 1 aromatic rings. The minimum Gasteiger partial charge on any atom is -0.393 e. The van der Waals surface area contributed by atoms with E-state index in [1.165, 1.54) is 0 Å². The molecule has 0 saturated heterocycles. The summed E-state index contributed by atoms with van der Waals surface area (Å²) in [4.78, 5) is 0.584. The SMILES string of the molecule is NC(=S)CCCn1ccc(=S)cc1. The van der Waals surface area contributed by atoms with Crippen LogP contribution in [0.25, 0.3) is 0 Å². The highest BCUT2D eigenvalue weighted by Crippen LogP contribution is 1.97. The molecule has 0 fully saturated rings. The summed E-state index contributed by atoms with van der Waals surface area (Å²) in [5.74, 6) is 0. The predicted octanol–water partition coefficient (Wildman–Crippen LogP) is 2.28. The van der Waals surface area contributed by atoms with E-state index in [0.717, 1.165) is 23.9 Å². The molecule has 0 aliphatic carbocycles. The maximum atomic E-state index is 5.39. The smallest absolute Gasteiger partial charge is 0.0728 e. The van der Waals surface area contributed by atoms with Crippen molar-refractivity contribution in [3.05, 3.63) is 29.0 Å². The van der Waals surface area contributed by atoms with Crippen LogP contribution in [0.2, 0.25) is 0 Å². The van der Waals surface area contributed by atoms with Gasteiger partial charge < -0.3 is 10.3 Å². The third-order valence-corrected chi connectivity index (χ3v) is 2.18. The van der Waals surface area contributed by atoms with Gasteiger partial charge in [-0.25, -0.2) is 0 Å². The first-order valence-corrected chi connectivity index (χ1v) is 4.94. The average molecular weight is 212 g/mol. The second-order valence-electron chi connectivity index (χ2n) is 2.84. The van der Waals surface area contributed by atoms with Crippen LogP contribution in [0.4, 0.5) is 0 Å². The van der Waals surface area contributed by atoms with E-state index in [0.29, 0.717) is 4.99 Å². The summed E-state index contributed by atoms with van der Waals surface area (Å²) in [5, 5.41) is 0. The Morgan fingerprint density at radius 1 is 1.38 bits per heavy atom. The molecule has 0 saturated carbocycles. The van der Waals surface area contributed by atoms with Crippen molar-refractivity contribution in [3.63, 3.8) is 0 Å². The van der Waals surface area contributed by atoms with Gasteiger partial charge in [-0.3, -0.25) is 0 Å². The number of rotatable bonds is 4. The summed E-state index contributed by atoms with van der Waals surface area (Å²) in [6.45, 7) is 0.937. The molecule has 0 spiro atoms. The zero-order chi connectivity index (χ0) is 9.68. The van der Waals surface area contributed by atoms with Gasteiger partial charge in [0.1, 0.15) is 0 Å². The highest BCUT2D eigenvalue weighted by Gasteiger charge is 1.91. The summed E-state index contributed by atoms with van der Waals surface area (Å²) >= 11 is 9.76. The van der Waals surface area contributed by atoms with Crippen molar-refractivity contribution in [2.45, 2.75) is 19.4 Å². The molecule has 4 heteroatoms. The third-order valence-electron chi connectivity index (χ3n) is 1.70. The fourth-order valence-corrected chi connectivity index (χ4v) is 1.29. The fourth-order valence-electron chi connectivity index (χ4n) is 1.03. The van der Waals surface area contributed by atoms with Crippen LogP contribution in [0, 0.1) is 4.51 Å². The Morgan fingerprint density at radius 3 is 2.54 bits per heavy atom. The summed E-state index contributed by atoms with van der Waals surface area (Å²) in [7, 11) is 0. The van der Waals surface area contributed by atoms with Gasteiger partial charge in [-0.2, -0.15) is 0 Å². The van der Waals surface area contributed by atoms with Crippen molar-refractivity contribution in [2.75, 3.05) is 0 Å². The van der Waals surface area contributed by atoms with Crippen LogP contribution in [0.1, 0.15) is 12.8 Å². The van der Waals surface area contributed by atoms with E-state index in [4.69, 9.17) is 30.2 Å². The van der Waals surface area contributed by atoms with Crippen LogP contribution < -0.4 is 5.73 Å². The molecular weight excluding hydrogens is 200 g/mol.